The molecule has 0 unspecified atom stereocenters. The molecule has 0 radical (unpaired) electrons. The Balaban J connectivity index is 1.35. The molecule has 2 fully saturated rings. The number of urea groups is 2. The number of carbonyl (C=O) groups excluding carboxylic acids is 3. The van der Waals surface area contributed by atoms with Gasteiger partial charge in [0.15, 0.2) is 0 Å². The molecule has 2 aliphatic rings. The first-order valence-electron chi connectivity index (χ1n) is 7.82. The van der Waals surface area contributed by atoms with E-state index in [0.29, 0.717) is 19.6 Å². The van der Waals surface area contributed by atoms with Gasteiger partial charge in [-0.25, -0.2) is 9.59 Å². The van der Waals surface area contributed by atoms with E-state index in [0.717, 1.165) is 12.8 Å². The SMILES string of the molecule is O=C(NCCCc1ccccc1)N1CC(N2C(=O)CNC2=O)C1. The molecule has 122 valence electrons. The molecule has 0 aliphatic carbocycles. The normalized spacial score (nSPS) is 17.9. The molecule has 23 heavy (non-hydrogen) atoms. The first kappa shape index (κ1) is 15.3. The average molecular weight is 316 g/mol. The maximum atomic E-state index is 12.0. The molecule has 0 saturated carbocycles. The van der Waals surface area contributed by atoms with Gasteiger partial charge in [-0.3, -0.25) is 9.69 Å². The van der Waals surface area contributed by atoms with E-state index in [1.54, 1.807) is 4.90 Å². The Morgan fingerprint density at radius 2 is 1.96 bits per heavy atom. The fraction of sp³-hybridized carbons (Fsp3) is 0.438. The molecule has 7 heteroatoms. The summed E-state index contributed by atoms with van der Waals surface area (Å²) in [6.07, 6.45) is 1.80. The van der Waals surface area contributed by atoms with Gasteiger partial charge in [0.25, 0.3) is 0 Å². The zero-order valence-corrected chi connectivity index (χ0v) is 12.8. The van der Waals surface area contributed by atoms with Crippen molar-refractivity contribution in [2.45, 2.75) is 18.9 Å². The molecule has 2 N–H and O–H groups in total. The number of nitrogens with zero attached hydrogens (tertiary/aromatic N) is 2. The molecule has 0 spiro atoms. The van der Waals surface area contributed by atoms with E-state index < -0.39 is 0 Å². The number of imide groups is 1. The number of aryl methyl sites for hydroxylation is 1. The Labute approximate surface area is 134 Å². The largest absolute Gasteiger partial charge is 0.338 e. The Bertz CT molecular complexity index is 583. The summed E-state index contributed by atoms with van der Waals surface area (Å²) < 4.78 is 0. The molecule has 5 amide bonds. The highest BCUT2D eigenvalue weighted by Crippen LogP contribution is 2.17. The maximum Gasteiger partial charge on any atom is 0.324 e. The molecule has 0 aromatic heterocycles. The van der Waals surface area contributed by atoms with Crippen LogP contribution in [-0.2, 0) is 11.2 Å². The molecule has 1 aromatic rings. The summed E-state index contributed by atoms with van der Waals surface area (Å²) in [6, 6.07) is 9.44. The van der Waals surface area contributed by atoms with Crippen molar-refractivity contribution in [2.75, 3.05) is 26.2 Å². The van der Waals surface area contributed by atoms with Crippen molar-refractivity contribution >= 4 is 18.0 Å². The van der Waals surface area contributed by atoms with Gasteiger partial charge in [-0.15, -0.1) is 0 Å². The highest BCUT2D eigenvalue weighted by atomic mass is 16.2. The van der Waals surface area contributed by atoms with Gasteiger partial charge in [-0.05, 0) is 18.4 Å². The predicted molar refractivity (Wildman–Crippen MR) is 83.8 cm³/mol. The highest BCUT2D eigenvalue weighted by Gasteiger charge is 2.42. The van der Waals surface area contributed by atoms with Gasteiger partial charge in [-0.2, -0.15) is 0 Å². The van der Waals surface area contributed by atoms with Crippen LogP contribution in [0.3, 0.4) is 0 Å². The molecular formula is C16H20N4O3. The summed E-state index contributed by atoms with van der Waals surface area (Å²) in [5.74, 6) is -0.220. The number of carbonyl (C=O) groups is 3. The zero-order valence-electron chi connectivity index (χ0n) is 12.8. The number of hydrogen-bond acceptors (Lipinski definition) is 3. The Morgan fingerprint density at radius 3 is 2.61 bits per heavy atom. The van der Waals surface area contributed by atoms with E-state index in [1.807, 2.05) is 18.2 Å². The van der Waals surface area contributed by atoms with Crippen molar-refractivity contribution in [1.82, 2.24) is 20.4 Å². The lowest BCUT2D eigenvalue weighted by atomic mass is 10.1. The topological polar surface area (TPSA) is 81.8 Å². The lowest BCUT2D eigenvalue weighted by Crippen LogP contribution is -2.64. The molecule has 2 aliphatic heterocycles. The summed E-state index contributed by atoms with van der Waals surface area (Å²) in [5, 5.41) is 5.36. The van der Waals surface area contributed by atoms with Crippen molar-refractivity contribution < 1.29 is 14.4 Å². The van der Waals surface area contributed by atoms with Crippen molar-refractivity contribution in [3.63, 3.8) is 0 Å². The van der Waals surface area contributed by atoms with Crippen LogP contribution in [0.5, 0.6) is 0 Å². The van der Waals surface area contributed by atoms with Crippen LogP contribution in [0.25, 0.3) is 0 Å². The third kappa shape index (κ3) is 3.44. The monoisotopic (exact) mass is 316 g/mol. The second-order valence-electron chi connectivity index (χ2n) is 5.80. The van der Waals surface area contributed by atoms with E-state index in [9.17, 15) is 14.4 Å². The van der Waals surface area contributed by atoms with Crippen LogP contribution in [0.1, 0.15) is 12.0 Å². The smallest absolute Gasteiger partial charge is 0.324 e. The quantitative estimate of drug-likeness (QED) is 0.615. The molecular weight excluding hydrogens is 296 g/mol. The van der Waals surface area contributed by atoms with Gasteiger partial charge in [-0.1, -0.05) is 30.3 Å². The Morgan fingerprint density at radius 1 is 1.22 bits per heavy atom. The molecule has 0 bridgehead atoms. The fourth-order valence-corrected chi connectivity index (χ4v) is 2.83. The lowest BCUT2D eigenvalue weighted by Gasteiger charge is -2.42. The number of likely N-dealkylation sites (tertiary alicyclic amines) is 1. The third-order valence-corrected chi connectivity index (χ3v) is 4.15. The summed E-state index contributed by atoms with van der Waals surface area (Å²) in [4.78, 5) is 37.9. The maximum absolute atomic E-state index is 12.0. The number of rotatable bonds is 5. The minimum atomic E-state index is -0.358. The summed E-state index contributed by atoms with van der Waals surface area (Å²) in [6.45, 7) is 1.48. The van der Waals surface area contributed by atoms with Crippen molar-refractivity contribution in [3.05, 3.63) is 35.9 Å². The number of benzene rings is 1. The van der Waals surface area contributed by atoms with Crippen LogP contribution in [0.2, 0.25) is 0 Å². The van der Waals surface area contributed by atoms with Gasteiger partial charge in [0.1, 0.15) is 0 Å². The zero-order chi connectivity index (χ0) is 16.2. The van der Waals surface area contributed by atoms with Gasteiger partial charge < -0.3 is 15.5 Å². The third-order valence-electron chi connectivity index (χ3n) is 4.15. The van der Waals surface area contributed by atoms with Crippen molar-refractivity contribution in [3.8, 4) is 0 Å². The highest BCUT2D eigenvalue weighted by molar-refractivity contribution is 6.02. The second kappa shape index (κ2) is 6.68. The van der Waals surface area contributed by atoms with E-state index in [1.165, 1.54) is 10.5 Å². The van der Waals surface area contributed by atoms with Crippen molar-refractivity contribution in [1.29, 1.82) is 0 Å². The van der Waals surface area contributed by atoms with E-state index in [4.69, 9.17) is 0 Å². The number of nitrogens with one attached hydrogen (secondary N) is 2. The summed E-state index contributed by atoms with van der Waals surface area (Å²) in [7, 11) is 0. The van der Waals surface area contributed by atoms with Gasteiger partial charge >= 0.3 is 12.1 Å². The molecule has 2 heterocycles. The lowest BCUT2D eigenvalue weighted by molar-refractivity contribution is -0.128. The standard InChI is InChI=1S/C16H20N4O3/c21-14-9-18-16(23)20(14)13-10-19(11-13)15(22)17-8-4-7-12-5-2-1-3-6-12/h1-3,5-6,13H,4,7-11H2,(H,17,22)(H,18,23). The van der Waals surface area contributed by atoms with Crippen LogP contribution in [0.4, 0.5) is 9.59 Å². The van der Waals surface area contributed by atoms with Crippen molar-refractivity contribution in [2.24, 2.45) is 0 Å². The molecule has 0 atom stereocenters. The molecule has 7 nitrogen and oxygen atoms in total. The minimum Gasteiger partial charge on any atom is -0.338 e. The van der Waals surface area contributed by atoms with Crippen LogP contribution in [-0.4, -0.2) is 60.0 Å². The van der Waals surface area contributed by atoms with Crippen LogP contribution < -0.4 is 10.6 Å². The number of amides is 5. The Kier molecular flexibility index (Phi) is 4.45. The molecule has 2 saturated heterocycles. The van der Waals surface area contributed by atoms with Gasteiger partial charge in [0, 0.05) is 19.6 Å². The molecule has 3 rings (SSSR count). The fourth-order valence-electron chi connectivity index (χ4n) is 2.83. The first-order valence-corrected chi connectivity index (χ1v) is 7.82. The molecule has 1 aromatic carbocycles. The predicted octanol–water partition coefficient (Wildman–Crippen LogP) is 0.565. The minimum absolute atomic E-state index is 0.0566. The van der Waals surface area contributed by atoms with Gasteiger partial charge in [0.05, 0.1) is 12.6 Å². The van der Waals surface area contributed by atoms with Crippen LogP contribution in [0.15, 0.2) is 30.3 Å². The summed E-state index contributed by atoms with van der Waals surface area (Å²) in [5.41, 5.74) is 1.25. The summed E-state index contributed by atoms with van der Waals surface area (Å²) >= 11 is 0. The number of hydrogen-bond donors (Lipinski definition) is 2. The second-order valence-corrected chi connectivity index (χ2v) is 5.80. The van der Waals surface area contributed by atoms with Crippen LogP contribution in [0, 0.1) is 0 Å². The van der Waals surface area contributed by atoms with E-state index >= 15 is 0 Å². The van der Waals surface area contributed by atoms with E-state index in [2.05, 4.69) is 22.8 Å². The Hall–Kier alpha value is -2.57. The van der Waals surface area contributed by atoms with E-state index in [-0.39, 0.29) is 30.6 Å². The first-order chi connectivity index (χ1) is 11.1. The van der Waals surface area contributed by atoms with Crippen LogP contribution >= 0.6 is 0 Å². The average Bonchev–Trinajstić information content (AvgIpc) is 2.83. The van der Waals surface area contributed by atoms with Gasteiger partial charge in [0.2, 0.25) is 5.91 Å².